The maximum Gasteiger partial charge on any atom is 0.220 e. The third-order valence-corrected chi connectivity index (χ3v) is 3.61. The number of aromatic hydroxyl groups is 1. The van der Waals surface area contributed by atoms with Crippen molar-refractivity contribution in [2.75, 3.05) is 11.9 Å². The Kier molecular flexibility index (Phi) is 3.91. The second kappa shape index (κ2) is 6.01. The Bertz CT molecular complexity index is 702. The molecule has 114 valence electrons. The maximum absolute atomic E-state index is 11.2. The van der Waals surface area contributed by atoms with Gasteiger partial charge in [-0.25, -0.2) is 9.97 Å². The first-order valence-electron chi connectivity index (χ1n) is 7.29. The minimum atomic E-state index is 0.0977. The number of aromatic nitrogens is 2. The summed E-state index contributed by atoms with van der Waals surface area (Å²) in [6.07, 6.45) is 1.42. The topological polar surface area (TPSA) is 87.1 Å². The number of hydrogen-bond acceptors (Lipinski definition) is 5. The van der Waals surface area contributed by atoms with Gasteiger partial charge in [0.1, 0.15) is 11.6 Å². The zero-order valence-electron chi connectivity index (χ0n) is 12.3. The fraction of sp³-hybridized carbons (Fsp3) is 0.312. The Morgan fingerprint density at radius 3 is 2.91 bits per heavy atom. The van der Waals surface area contributed by atoms with E-state index in [2.05, 4.69) is 20.6 Å². The van der Waals surface area contributed by atoms with Crippen molar-refractivity contribution in [1.29, 1.82) is 0 Å². The summed E-state index contributed by atoms with van der Waals surface area (Å²) in [7, 11) is 0. The minimum Gasteiger partial charge on any atom is -0.507 e. The summed E-state index contributed by atoms with van der Waals surface area (Å²) >= 11 is 0. The molecule has 1 amide bonds. The molecule has 6 nitrogen and oxygen atoms in total. The molecule has 0 radical (unpaired) electrons. The number of aryl methyl sites for hydroxylation is 1. The summed E-state index contributed by atoms with van der Waals surface area (Å²) in [5.74, 6) is 1.42. The maximum atomic E-state index is 11.2. The molecule has 6 heteroatoms. The highest BCUT2D eigenvalue weighted by molar-refractivity contribution is 5.78. The summed E-state index contributed by atoms with van der Waals surface area (Å²) < 4.78 is 0. The number of phenols is 1. The summed E-state index contributed by atoms with van der Waals surface area (Å²) in [6.45, 7) is 2.51. The molecule has 1 saturated heterocycles. The van der Waals surface area contributed by atoms with E-state index in [1.807, 2.05) is 19.1 Å². The zero-order valence-corrected chi connectivity index (χ0v) is 12.3. The van der Waals surface area contributed by atoms with Crippen LogP contribution >= 0.6 is 0 Å². The molecule has 1 aromatic heterocycles. The van der Waals surface area contributed by atoms with Gasteiger partial charge in [-0.2, -0.15) is 0 Å². The molecule has 1 aliphatic rings. The normalized spacial score (nSPS) is 17.3. The smallest absolute Gasteiger partial charge is 0.220 e. The summed E-state index contributed by atoms with van der Waals surface area (Å²) in [4.78, 5) is 20.0. The summed E-state index contributed by atoms with van der Waals surface area (Å²) in [5.41, 5.74) is 1.41. The number of phenolic OH excluding ortho intramolecular Hbond substituents is 1. The molecule has 0 spiro atoms. The molecule has 2 aromatic rings. The van der Waals surface area contributed by atoms with Crippen LogP contribution in [0.25, 0.3) is 11.4 Å². The Morgan fingerprint density at radius 2 is 2.18 bits per heavy atom. The molecular weight excluding hydrogens is 280 g/mol. The first kappa shape index (κ1) is 14.3. The molecule has 0 saturated carbocycles. The van der Waals surface area contributed by atoms with Crippen molar-refractivity contribution in [3.05, 3.63) is 36.0 Å². The van der Waals surface area contributed by atoms with Crippen molar-refractivity contribution in [3.8, 4) is 17.1 Å². The molecule has 22 heavy (non-hydrogen) atoms. The Morgan fingerprint density at radius 1 is 1.36 bits per heavy atom. The number of carbonyl (C=O) groups excluding carboxylic acids is 1. The second-order valence-corrected chi connectivity index (χ2v) is 5.42. The lowest BCUT2D eigenvalue weighted by atomic mass is 10.2. The van der Waals surface area contributed by atoms with Crippen LogP contribution in [0.4, 0.5) is 5.82 Å². The average molecular weight is 298 g/mol. The first-order valence-corrected chi connectivity index (χ1v) is 7.29. The van der Waals surface area contributed by atoms with Crippen molar-refractivity contribution in [2.24, 2.45) is 0 Å². The third kappa shape index (κ3) is 3.16. The number of nitrogens with one attached hydrogen (secondary N) is 2. The highest BCUT2D eigenvalue weighted by atomic mass is 16.3. The van der Waals surface area contributed by atoms with Crippen molar-refractivity contribution in [3.63, 3.8) is 0 Å². The van der Waals surface area contributed by atoms with Crippen LogP contribution in [0.2, 0.25) is 0 Å². The number of anilines is 1. The highest BCUT2D eigenvalue weighted by Gasteiger charge is 2.20. The number of para-hydroxylation sites is 1. The third-order valence-electron chi connectivity index (χ3n) is 3.61. The number of amides is 1. The molecule has 1 atom stereocenters. The van der Waals surface area contributed by atoms with E-state index >= 15 is 0 Å². The standard InChI is InChI=1S/C16H18N4O2/c1-10-8-14(17-9-11-6-7-15(22)19-11)20-16(18-10)12-4-2-3-5-13(12)21/h2-5,8,11,21H,6-7,9H2,1H3,(H,19,22)(H,17,18,20). The van der Waals surface area contributed by atoms with E-state index in [1.54, 1.807) is 18.2 Å². The number of benzene rings is 1. The van der Waals surface area contributed by atoms with Crippen LogP contribution < -0.4 is 10.6 Å². The van der Waals surface area contributed by atoms with E-state index in [9.17, 15) is 9.90 Å². The molecular formula is C16H18N4O2. The van der Waals surface area contributed by atoms with Crippen molar-refractivity contribution >= 4 is 11.7 Å². The SMILES string of the molecule is Cc1cc(NCC2CCC(=O)N2)nc(-c2ccccc2O)n1. The van der Waals surface area contributed by atoms with Crippen LogP contribution in [-0.2, 0) is 4.79 Å². The lowest BCUT2D eigenvalue weighted by Crippen LogP contribution is -2.32. The van der Waals surface area contributed by atoms with E-state index in [0.29, 0.717) is 30.2 Å². The van der Waals surface area contributed by atoms with Gasteiger partial charge in [0.05, 0.1) is 5.56 Å². The van der Waals surface area contributed by atoms with Gasteiger partial charge in [-0.15, -0.1) is 0 Å². The lowest BCUT2D eigenvalue weighted by molar-refractivity contribution is -0.119. The van der Waals surface area contributed by atoms with Gasteiger partial charge in [-0.05, 0) is 25.5 Å². The van der Waals surface area contributed by atoms with Crippen LogP contribution in [0.15, 0.2) is 30.3 Å². The van der Waals surface area contributed by atoms with E-state index in [0.717, 1.165) is 12.1 Å². The fourth-order valence-corrected chi connectivity index (χ4v) is 2.50. The molecule has 1 fully saturated rings. The van der Waals surface area contributed by atoms with Crippen LogP contribution in [-0.4, -0.2) is 33.6 Å². The molecule has 0 aliphatic carbocycles. The molecule has 2 heterocycles. The van der Waals surface area contributed by atoms with Crippen LogP contribution in [0.5, 0.6) is 5.75 Å². The molecule has 1 unspecified atom stereocenters. The predicted octanol–water partition coefficient (Wildman–Crippen LogP) is 1.85. The van der Waals surface area contributed by atoms with Gasteiger partial charge in [0.25, 0.3) is 0 Å². The molecule has 3 rings (SSSR count). The summed E-state index contributed by atoms with van der Waals surface area (Å²) in [6, 6.07) is 8.97. The number of nitrogens with zero attached hydrogens (tertiary/aromatic N) is 2. The number of carbonyl (C=O) groups is 1. The Labute approximate surface area is 128 Å². The van der Waals surface area contributed by atoms with Gasteiger partial charge in [0.2, 0.25) is 5.91 Å². The van der Waals surface area contributed by atoms with Gasteiger partial charge in [-0.1, -0.05) is 12.1 Å². The largest absolute Gasteiger partial charge is 0.507 e. The van der Waals surface area contributed by atoms with Gasteiger partial charge in [0.15, 0.2) is 5.82 Å². The second-order valence-electron chi connectivity index (χ2n) is 5.42. The fourth-order valence-electron chi connectivity index (χ4n) is 2.50. The van der Waals surface area contributed by atoms with Crippen LogP contribution in [0, 0.1) is 6.92 Å². The van der Waals surface area contributed by atoms with E-state index in [1.165, 1.54) is 0 Å². The lowest BCUT2D eigenvalue weighted by Gasteiger charge is -2.13. The number of hydrogen-bond donors (Lipinski definition) is 3. The summed E-state index contributed by atoms with van der Waals surface area (Å²) in [5, 5.41) is 16.1. The monoisotopic (exact) mass is 298 g/mol. The van der Waals surface area contributed by atoms with Gasteiger partial charge < -0.3 is 15.7 Å². The van der Waals surface area contributed by atoms with Gasteiger partial charge >= 0.3 is 0 Å². The molecule has 1 aliphatic heterocycles. The minimum absolute atomic E-state index is 0.0977. The van der Waals surface area contributed by atoms with Crippen LogP contribution in [0.1, 0.15) is 18.5 Å². The predicted molar refractivity (Wildman–Crippen MR) is 83.5 cm³/mol. The van der Waals surface area contributed by atoms with E-state index in [-0.39, 0.29) is 17.7 Å². The Balaban J connectivity index is 1.78. The highest BCUT2D eigenvalue weighted by Crippen LogP contribution is 2.26. The Hall–Kier alpha value is -2.63. The van der Waals surface area contributed by atoms with Gasteiger partial charge in [0, 0.05) is 30.8 Å². The van der Waals surface area contributed by atoms with Crippen molar-refractivity contribution in [2.45, 2.75) is 25.8 Å². The van der Waals surface area contributed by atoms with E-state index in [4.69, 9.17) is 0 Å². The van der Waals surface area contributed by atoms with Crippen molar-refractivity contribution in [1.82, 2.24) is 15.3 Å². The van der Waals surface area contributed by atoms with Crippen molar-refractivity contribution < 1.29 is 9.90 Å². The van der Waals surface area contributed by atoms with Crippen LogP contribution in [0.3, 0.4) is 0 Å². The zero-order chi connectivity index (χ0) is 15.5. The van der Waals surface area contributed by atoms with E-state index < -0.39 is 0 Å². The molecule has 3 N–H and O–H groups in total. The quantitative estimate of drug-likeness (QED) is 0.802. The molecule has 1 aromatic carbocycles. The average Bonchev–Trinajstić information content (AvgIpc) is 2.91. The first-order chi connectivity index (χ1) is 10.6. The number of rotatable bonds is 4. The van der Waals surface area contributed by atoms with Gasteiger partial charge in [-0.3, -0.25) is 4.79 Å². The molecule has 0 bridgehead atoms.